The Morgan fingerprint density at radius 1 is 1.54 bits per heavy atom. The predicted molar refractivity (Wildman–Crippen MR) is 53.5 cm³/mol. The van der Waals surface area contributed by atoms with Crippen LogP contribution in [0.25, 0.3) is 0 Å². The van der Waals surface area contributed by atoms with Crippen LogP contribution in [0.4, 0.5) is 0 Å². The Morgan fingerprint density at radius 3 is 2.69 bits per heavy atom. The number of thiophene rings is 1. The second kappa shape index (κ2) is 4.23. The summed E-state index contributed by atoms with van der Waals surface area (Å²) < 4.78 is 5.46. The number of ketones is 1. The Hall–Kier alpha value is -1.10. The van der Waals surface area contributed by atoms with E-state index in [1.165, 1.54) is 18.4 Å². The third-order valence-electron chi connectivity index (χ3n) is 1.55. The lowest BCUT2D eigenvalue weighted by atomic mass is 10.1. The Morgan fingerprint density at radius 2 is 2.23 bits per heavy atom. The van der Waals surface area contributed by atoms with Crippen LogP contribution in [0.1, 0.15) is 16.1 Å². The van der Waals surface area contributed by atoms with Crippen LogP contribution in [-0.2, 0) is 9.53 Å². The number of hydrogen-bond donors (Lipinski definition) is 0. The summed E-state index contributed by atoms with van der Waals surface area (Å²) in [6.07, 6.45) is -0.170. The largest absolute Gasteiger partial charge is 0.469 e. The van der Waals surface area contributed by atoms with Crippen molar-refractivity contribution < 1.29 is 14.3 Å². The molecule has 0 N–H and O–H groups in total. The van der Waals surface area contributed by atoms with Gasteiger partial charge >= 0.3 is 5.97 Å². The van der Waals surface area contributed by atoms with Gasteiger partial charge in [0.25, 0.3) is 0 Å². The summed E-state index contributed by atoms with van der Waals surface area (Å²) in [5.41, 5.74) is 0. The van der Waals surface area contributed by atoms with E-state index in [1.54, 1.807) is 6.07 Å². The fourth-order valence-electron chi connectivity index (χ4n) is 0.875. The van der Waals surface area contributed by atoms with Crippen molar-refractivity contribution in [1.29, 1.82) is 0 Å². The van der Waals surface area contributed by atoms with Crippen LogP contribution in [0.3, 0.4) is 0 Å². The van der Waals surface area contributed by atoms with Gasteiger partial charge in [0, 0.05) is 0 Å². The lowest BCUT2D eigenvalue weighted by molar-refractivity contribution is -0.139. The Labute approximate surface area is 81.1 Å². The van der Waals surface area contributed by atoms with Crippen molar-refractivity contribution >= 4 is 35.7 Å². The summed E-state index contributed by atoms with van der Waals surface area (Å²) in [5, 5.41) is 0. The van der Waals surface area contributed by atoms with Gasteiger partial charge in [-0.15, -0.1) is 11.3 Å². The number of rotatable bonds is 3. The van der Waals surface area contributed by atoms with Gasteiger partial charge in [-0.3, -0.25) is 9.59 Å². The molecule has 0 unspecified atom stereocenters. The molecule has 0 spiro atoms. The molecule has 0 saturated heterocycles. The molecule has 0 bridgehead atoms. The number of carbonyl (C=O) groups excluding carboxylic acids is 2. The fraction of sp³-hybridized carbons (Fsp3) is 0.250. The molecule has 0 atom stereocenters. The molecule has 13 heavy (non-hydrogen) atoms. The summed E-state index contributed by atoms with van der Waals surface area (Å²) in [4.78, 5) is 22.7. The van der Waals surface area contributed by atoms with E-state index in [0.717, 1.165) is 4.78 Å². The molecule has 1 aromatic rings. The maximum atomic E-state index is 11.3. The molecule has 68 valence electrons. The molecule has 0 aromatic carbocycles. The minimum absolute atomic E-state index is 0.170. The first kappa shape index (κ1) is 9.99. The van der Waals surface area contributed by atoms with Crippen LogP contribution in [0, 0.1) is 0 Å². The van der Waals surface area contributed by atoms with Crippen molar-refractivity contribution in [3.05, 3.63) is 17.0 Å². The zero-order valence-corrected chi connectivity index (χ0v) is 8.31. The first-order valence-electron chi connectivity index (χ1n) is 3.80. The Balaban J connectivity index is 2.64. The van der Waals surface area contributed by atoms with Crippen molar-refractivity contribution in [3.8, 4) is 0 Å². The molecule has 5 heteroatoms. The van der Waals surface area contributed by atoms with Crippen molar-refractivity contribution in [3.63, 3.8) is 0 Å². The molecule has 0 saturated carbocycles. The molecule has 0 aliphatic heterocycles. The lowest BCUT2D eigenvalue weighted by Gasteiger charge is -1.95. The van der Waals surface area contributed by atoms with E-state index in [2.05, 4.69) is 4.74 Å². The van der Waals surface area contributed by atoms with Gasteiger partial charge < -0.3 is 4.74 Å². The first-order valence-corrected chi connectivity index (χ1v) is 4.61. The van der Waals surface area contributed by atoms with Gasteiger partial charge in [-0.25, -0.2) is 0 Å². The molecule has 1 heterocycles. The van der Waals surface area contributed by atoms with Crippen LogP contribution >= 0.6 is 11.3 Å². The van der Waals surface area contributed by atoms with Crippen molar-refractivity contribution in [1.82, 2.24) is 0 Å². The summed E-state index contributed by atoms with van der Waals surface area (Å²) in [5.74, 6) is -0.666. The van der Waals surface area contributed by atoms with Gasteiger partial charge in [-0.1, -0.05) is 6.07 Å². The van der Waals surface area contributed by atoms with Gasteiger partial charge in [0.1, 0.15) is 6.42 Å². The highest BCUT2D eigenvalue weighted by molar-refractivity contribution is 7.21. The van der Waals surface area contributed by atoms with Crippen LogP contribution in [0.2, 0.25) is 0 Å². The van der Waals surface area contributed by atoms with Gasteiger partial charge in [-0.05, 0) is 10.8 Å². The summed E-state index contributed by atoms with van der Waals surface area (Å²) in [7, 11) is 3.19. The zero-order chi connectivity index (χ0) is 9.84. The normalized spacial score (nSPS) is 9.62. The van der Waals surface area contributed by atoms with Crippen molar-refractivity contribution in [2.24, 2.45) is 0 Å². The predicted octanol–water partition coefficient (Wildman–Crippen LogP) is -0.248. The van der Waals surface area contributed by atoms with E-state index >= 15 is 0 Å². The standard InChI is InChI=1S/C8H9BO3S/c1-12-8(11)4-5(10)6-2-3-7(9)13-6/h2-3H,4,9H2,1H3. The van der Waals surface area contributed by atoms with E-state index in [9.17, 15) is 9.59 Å². The molecule has 0 fully saturated rings. The van der Waals surface area contributed by atoms with Gasteiger partial charge in [0.15, 0.2) is 13.6 Å². The van der Waals surface area contributed by atoms with Gasteiger partial charge in [0.2, 0.25) is 0 Å². The highest BCUT2D eigenvalue weighted by atomic mass is 32.1. The van der Waals surface area contributed by atoms with E-state index in [0.29, 0.717) is 4.88 Å². The highest BCUT2D eigenvalue weighted by Crippen LogP contribution is 2.08. The average Bonchev–Trinajstić information content (AvgIpc) is 2.51. The van der Waals surface area contributed by atoms with E-state index in [4.69, 9.17) is 0 Å². The number of methoxy groups -OCH3 is 1. The average molecular weight is 196 g/mol. The molecule has 1 rings (SSSR count). The maximum Gasteiger partial charge on any atom is 0.313 e. The summed E-state index contributed by atoms with van der Waals surface area (Å²) >= 11 is 1.39. The minimum atomic E-state index is -0.490. The molecule has 0 amide bonds. The quantitative estimate of drug-likeness (QED) is 0.290. The molecule has 3 nitrogen and oxygen atoms in total. The fourth-order valence-corrected chi connectivity index (χ4v) is 1.68. The summed E-state index contributed by atoms with van der Waals surface area (Å²) in [6, 6.07) is 3.58. The Bertz CT molecular complexity index is 332. The number of esters is 1. The molecule has 0 radical (unpaired) electrons. The lowest BCUT2D eigenvalue weighted by Crippen LogP contribution is -2.08. The van der Waals surface area contributed by atoms with Crippen LogP contribution in [0.5, 0.6) is 0 Å². The Kier molecular flexibility index (Phi) is 3.25. The minimum Gasteiger partial charge on any atom is -0.469 e. The molecule has 0 aliphatic carbocycles. The van der Waals surface area contributed by atoms with Crippen LogP contribution in [-0.4, -0.2) is 26.7 Å². The molecular weight excluding hydrogens is 187 g/mol. The second-order valence-corrected chi connectivity index (χ2v) is 3.87. The third-order valence-corrected chi connectivity index (χ3v) is 2.59. The van der Waals surface area contributed by atoms with E-state index in [1.807, 2.05) is 13.9 Å². The molecule has 1 aromatic heterocycles. The van der Waals surface area contributed by atoms with Crippen LogP contribution in [0.15, 0.2) is 12.1 Å². The van der Waals surface area contributed by atoms with E-state index in [-0.39, 0.29) is 12.2 Å². The number of hydrogen-bond acceptors (Lipinski definition) is 4. The summed E-state index contributed by atoms with van der Waals surface area (Å²) in [6.45, 7) is 0. The third kappa shape index (κ3) is 2.70. The smallest absolute Gasteiger partial charge is 0.313 e. The zero-order valence-electron chi connectivity index (χ0n) is 7.49. The SMILES string of the molecule is Bc1ccc(C(=O)CC(=O)OC)s1. The topological polar surface area (TPSA) is 43.4 Å². The number of carbonyl (C=O) groups is 2. The number of ether oxygens (including phenoxy) is 1. The monoisotopic (exact) mass is 196 g/mol. The molecular formula is C8H9BO3S. The number of Topliss-reactive ketones (excluding diaryl/α,β-unsaturated/α-hetero) is 1. The van der Waals surface area contributed by atoms with E-state index < -0.39 is 5.97 Å². The first-order chi connectivity index (χ1) is 6.13. The second-order valence-electron chi connectivity index (χ2n) is 2.59. The van der Waals surface area contributed by atoms with Gasteiger partial charge in [0.05, 0.1) is 12.0 Å². The van der Waals surface area contributed by atoms with Crippen molar-refractivity contribution in [2.45, 2.75) is 6.42 Å². The molecule has 0 aliphatic rings. The maximum absolute atomic E-state index is 11.3. The van der Waals surface area contributed by atoms with Gasteiger partial charge in [-0.2, -0.15) is 0 Å². The highest BCUT2D eigenvalue weighted by Gasteiger charge is 2.12. The van der Waals surface area contributed by atoms with Crippen molar-refractivity contribution in [2.75, 3.05) is 7.11 Å². The van der Waals surface area contributed by atoms with Crippen LogP contribution < -0.4 is 4.78 Å².